The average molecular weight is 259 g/mol. The fraction of sp³-hybridized carbons (Fsp3) is 0.471. The Hall–Kier alpha value is -1.41. The van der Waals surface area contributed by atoms with Gasteiger partial charge in [0.1, 0.15) is 5.78 Å². The molecule has 0 fully saturated rings. The standard InChI is InChI=1S/C17H25NO/c1-13(2)16(5-4-10-18)12-17(19)11-15-8-6-14(3)7-9-15/h6-9,16H,1,4-5,10-12,18H2,2-3H3. The van der Waals surface area contributed by atoms with E-state index in [-0.39, 0.29) is 11.7 Å². The SMILES string of the molecule is C=C(C)C(CCCN)CC(=O)Cc1ccc(C)cc1. The van der Waals surface area contributed by atoms with Gasteiger partial charge in [0.25, 0.3) is 0 Å². The first-order valence-corrected chi connectivity index (χ1v) is 6.95. The molecule has 0 aliphatic heterocycles. The molecule has 0 aromatic heterocycles. The summed E-state index contributed by atoms with van der Waals surface area (Å²) in [6, 6.07) is 8.16. The van der Waals surface area contributed by atoms with Crippen LogP contribution < -0.4 is 5.73 Å². The number of allylic oxidation sites excluding steroid dienone is 1. The van der Waals surface area contributed by atoms with Crippen molar-refractivity contribution in [2.75, 3.05) is 6.54 Å². The molecular formula is C17H25NO. The lowest BCUT2D eigenvalue weighted by Gasteiger charge is -2.15. The third kappa shape index (κ3) is 5.84. The average Bonchev–Trinajstić information content (AvgIpc) is 2.37. The van der Waals surface area contributed by atoms with Crippen LogP contribution in [0.15, 0.2) is 36.4 Å². The first-order valence-electron chi connectivity index (χ1n) is 6.95. The number of benzene rings is 1. The van der Waals surface area contributed by atoms with Crippen molar-refractivity contribution >= 4 is 5.78 Å². The number of carbonyl (C=O) groups excluding carboxylic acids is 1. The molecule has 1 aromatic rings. The second-order valence-corrected chi connectivity index (χ2v) is 5.38. The van der Waals surface area contributed by atoms with E-state index in [4.69, 9.17) is 5.73 Å². The van der Waals surface area contributed by atoms with Gasteiger partial charge in [-0.25, -0.2) is 0 Å². The Morgan fingerprint density at radius 1 is 1.32 bits per heavy atom. The molecule has 0 spiro atoms. The summed E-state index contributed by atoms with van der Waals surface area (Å²) in [5, 5.41) is 0. The molecule has 0 radical (unpaired) electrons. The molecule has 19 heavy (non-hydrogen) atoms. The fourth-order valence-corrected chi connectivity index (χ4v) is 2.17. The molecular weight excluding hydrogens is 234 g/mol. The Bertz CT molecular complexity index is 419. The summed E-state index contributed by atoms with van der Waals surface area (Å²) in [5.41, 5.74) is 8.93. The summed E-state index contributed by atoms with van der Waals surface area (Å²) >= 11 is 0. The van der Waals surface area contributed by atoms with Gasteiger partial charge < -0.3 is 5.73 Å². The van der Waals surface area contributed by atoms with Crippen LogP contribution in [0.25, 0.3) is 0 Å². The Labute approximate surface area is 116 Å². The van der Waals surface area contributed by atoms with Crippen molar-refractivity contribution < 1.29 is 4.79 Å². The summed E-state index contributed by atoms with van der Waals surface area (Å²) < 4.78 is 0. The highest BCUT2D eigenvalue weighted by Gasteiger charge is 2.14. The van der Waals surface area contributed by atoms with E-state index in [1.54, 1.807) is 0 Å². The monoisotopic (exact) mass is 259 g/mol. The van der Waals surface area contributed by atoms with Crippen molar-refractivity contribution in [2.45, 2.75) is 39.5 Å². The summed E-state index contributed by atoms with van der Waals surface area (Å²) in [4.78, 5) is 12.1. The molecule has 2 N–H and O–H groups in total. The fourth-order valence-electron chi connectivity index (χ4n) is 2.17. The maximum atomic E-state index is 12.1. The van der Waals surface area contributed by atoms with Crippen LogP contribution in [-0.2, 0) is 11.2 Å². The molecule has 104 valence electrons. The number of carbonyl (C=O) groups is 1. The largest absolute Gasteiger partial charge is 0.330 e. The lowest BCUT2D eigenvalue weighted by molar-refractivity contribution is -0.119. The van der Waals surface area contributed by atoms with Crippen molar-refractivity contribution in [1.82, 2.24) is 0 Å². The van der Waals surface area contributed by atoms with Crippen molar-refractivity contribution in [3.05, 3.63) is 47.5 Å². The minimum absolute atomic E-state index is 0.279. The van der Waals surface area contributed by atoms with Gasteiger partial charge in [0.2, 0.25) is 0 Å². The zero-order valence-corrected chi connectivity index (χ0v) is 12.1. The lowest BCUT2D eigenvalue weighted by Crippen LogP contribution is -2.13. The second kappa shape index (κ2) is 7.90. The molecule has 1 atom stereocenters. The highest BCUT2D eigenvalue weighted by atomic mass is 16.1. The Morgan fingerprint density at radius 2 is 1.95 bits per heavy atom. The van der Waals surface area contributed by atoms with E-state index in [0.29, 0.717) is 19.4 Å². The smallest absolute Gasteiger partial charge is 0.137 e. The number of nitrogens with two attached hydrogens (primary N) is 1. The van der Waals surface area contributed by atoms with Gasteiger partial charge in [0, 0.05) is 12.8 Å². The van der Waals surface area contributed by atoms with Gasteiger partial charge in [-0.1, -0.05) is 42.0 Å². The number of aryl methyl sites for hydroxylation is 1. The van der Waals surface area contributed by atoms with E-state index in [1.807, 2.05) is 31.2 Å². The third-order valence-corrected chi connectivity index (χ3v) is 3.45. The zero-order valence-electron chi connectivity index (χ0n) is 12.1. The van der Waals surface area contributed by atoms with Gasteiger partial charge in [-0.2, -0.15) is 0 Å². The topological polar surface area (TPSA) is 43.1 Å². The molecule has 1 unspecified atom stereocenters. The predicted octanol–water partition coefficient (Wildman–Crippen LogP) is 3.43. The van der Waals surface area contributed by atoms with E-state index < -0.39 is 0 Å². The maximum Gasteiger partial charge on any atom is 0.137 e. The first kappa shape index (κ1) is 15.6. The maximum absolute atomic E-state index is 12.1. The normalized spacial score (nSPS) is 12.2. The quantitative estimate of drug-likeness (QED) is 0.727. The Kier molecular flexibility index (Phi) is 6.51. The van der Waals surface area contributed by atoms with E-state index in [2.05, 4.69) is 13.5 Å². The molecule has 2 heteroatoms. The minimum atomic E-state index is 0.279. The van der Waals surface area contributed by atoms with Crippen molar-refractivity contribution in [2.24, 2.45) is 11.7 Å². The first-order chi connectivity index (χ1) is 9.02. The molecule has 0 saturated carbocycles. The van der Waals surface area contributed by atoms with Crippen LogP contribution in [0.4, 0.5) is 0 Å². The number of rotatable bonds is 8. The highest BCUT2D eigenvalue weighted by Crippen LogP contribution is 2.20. The molecule has 1 rings (SSSR count). The molecule has 1 aromatic carbocycles. The number of Topliss-reactive ketones (excluding diaryl/α,β-unsaturated/α-hetero) is 1. The van der Waals surface area contributed by atoms with Crippen LogP contribution in [-0.4, -0.2) is 12.3 Å². The van der Waals surface area contributed by atoms with Crippen LogP contribution in [0, 0.1) is 12.8 Å². The number of hydrogen-bond donors (Lipinski definition) is 1. The van der Waals surface area contributed by atoms with Gasteiger partial charge in [0.05, 0.1) is 0 Å². The molecule has 0 amide bonds. The van der Waals surface area contributed by atoms with Gasteiger partial charge in [-0.05, 0) is 44.7 Å². The summed E-state index contributed by atoms with van der Waals surface area (Å²) in [6.45, 7) is 8.72. The Balaban J connectivity index is 2.52. The highest BCUT2D eigenvalue weighted by molar-refractivity contribution is 5.81. The van der Waals surface area contributed by atoms with Crippen molar-refractivity contribution in [1.29, 1.82) is 0 Å². The summed E-state index contributed by atoms with van der Waals surface area (Å²) in [5.74, 6) is 0.565. The predicted molar refractivity (Wildman–Crippen MR) is 81.1 cm³/mol. The molecule has 0 aliphatic carbocycles. The van der Waals surface area contributed by atoms with Gasteiger partial charge in [0.15, 0.2) is 0 Å². The van der Waals surface area contributed by atoms with Crippen molar-refractivity contribution in [3.63, 3.8) is 0 Å². The molecule has 0 heterocycles. The van der Waals surface area contributed by atoms with Gasteiger partial charge in [-0.3, -0.25) is 4.79 Å². The molecule has 0 bridgehead atoms. The van der Waals surface area contributed by atoms with Crippen LogP contribution in [0.1, 0.15) is 37.3 Å². The molecule has 2 nitrogen and oxygen atoms in total. The number of hydrogen-bond acceptors (Lipinski definition) is 2. The number of ketones is 1. The lowest BCUT2D eigenvalue weighted by atomic mass is 9.89. The zero-order chi connectivity index (χ0) is 14.3. The second-order valence-electron chi connectivity index (χ2n) is 5.38. The summed E-state index contributed by atoms with van der Waals surface area (Å²) in [7, 11) is 0. The van der Waals surface area contributed by atoms with E-state index >= 15 is 0 Å². The Morgan fingerprint density at radius 3 is 2.47 bits per heavy atom. The van der Waals surface area contributed by atoms with Crippen LogP contribution in [0.5, 0.6) is 0 Å². The van der Waals surface area contributed by atoms with E-state index in [0.717, 1.165) is 24.0 Å². The van der Waals surface area contributed by atoms with Crippen molar-refractivity contribution in [3.8, 4) is 0 Å². The van der Waals surface area contributed by atoms with Crippen LogP contribution in [0.2, 0.25) is 0 Å². The molecule has 0 saturated heterocycles. The van der Waals surface area contributed by atoms with Gasteiger partial charge >= 0.3 is 0 Å². The summed E-state index contributed by atoms with van der Waals surface area (Å²) in [6.07, 6.45) is 3.02. The van der Waals surface area contributed by atoms with E-state index in [1.165, 1.54) is 5.56 Å². The minimum Gasteiger partial charge on any atom is -0.330 e. The molecule has 0 aliphatic rings. The van der Waals surface area contributed by atoms with Crippen LogP contribution in [0.3, 0.4) is 0 Å². The third-order valence-electron chi connectivity index (χ3n) is 3.45. The van der Waals surface area contributed by atoms with E-state index in [9.17, 15) is 4.79 Å². The van der Waals surface area contributed by atoms with Crippen LogP contribution >= 0.6 is 0 Å². The van der Waals surface area contributed by atoms with Gasteiger partial charge in [-0.15, -0.1) is 0 Å².